The fraction of sp³-hybridized carbons (Fsp3) is 0.579. The summed E-state index contributed by atoms with van der Waals surface area (Å²) in [6.07, 6.45) is 5.99. The first kappa shape index (κ1) is 21.9. The third kappa shape index (κ3) is 5.22. The molecule has 11 heteroatoms. The molecule has 0 unspecified atom stereocenters. The number of amides is 3. The van der Waals surface area contributed by atoms with Gasteiger partial charge in [0.1, 0.15) is 11.9 Å². The first-order valence-corrected chi connectivity index (χ1v) is 10.0. The number of hydrogen-bond donors (Lipinski definition) is 3. The van der Waals surface area contributed by atoms with Crippen molar-refractivity contribution < 1.29 is 29.2 Å². The second-order valence-corrected chi connectivity index (χ2v) is 7.73. The maximum Gasteiger partial charge on any atom is 0.272 e. The van der Waals surface area contributed by atoms with Crippen LogP contribution >= 0.6 is 0 Å². The van der Waals surface area contributed by atoms with Crippen LogP contribution in [-0.2, 0) is 14.4 Å². The number of hydrazine groups is 1. The van der Waals surface area contributed by atoms with Crippen molar-refractivity contribution in [2.24, 2.45) is 16.8 Å². The van der Waals surface area contributed by atoms with Gasteiger partial charge in [-0.1, -0.05) is 25.7 Å². The van der Waals surface area contributed by atoms with Gasteiger partial charge in [-0.2, -0.15) is 9.72 Å². The van der Waals surface area contributed by atoms with Crippen molar-refractivity contribution in [1.82, 2.24) is 20.2 Å². The van der Waals surface area contributed by atoms with Crippen LogP contribution in [-0.4, -0.2) is 62.6 Å². The van der Waals surface area contributed by atoms with Crippen molar-refractivity contribution in [2.45, 2.75) is 44.6 Å². The highest BCUT2D eigenvalue weighted by Gasteiger charge is 2.38. The van der Waals surface area contributed by atoms with Crippen LogP contribution in [0.5, 0.6) is 0 Å². The largest absolute Gasteiger partial charge is 0.427 e. The van der Waals surface area contributed by atoms with E-state index in [1.807, 2.05) is 0 Å². The van der Waals surface area contributed by atoms with Crippen LogP contribution in [0.25, 0.3) is 0 Å². The molecule has 1 saturated carbocycles. The molecule has 2 fully saturated rings. The molecule has 2 aliphatic rings. The Morgan fingerprint density at radius 3 is 2.73 bits per heavy atom. The van der Waals surface area contributed by atoms with E-state index in [1.165, 1.54) is 5.01 Å². The van der Waals surface area contributed by atoms with Crippen molar-refractivity contribution >= 4 is 18.2 Å². The average Bonchev–Trinajstić information content (AvgIpc) is 3.40. The standard InChI is InChI=1S/C19H26FN5O5/c20-15-5-6-17(24(30)11-15)22-18(27)16-7-8-21-25(16)19(28)14(10-23(29)12-26)9-13-3-1-2-4-13/h5-6,11-14,16,21,29-30H,1-4,7-10H2/t14-,16+/m1/s1. The molecule has 0 radical (unpaired) electrons. The maximum atomic E-state index is 13.2. The van der Waals surface area contributed by atoms with Gasteiger partial charge in [0.25, 0.3) is 5.91 Å². The highest BCUT2D eigenvalue weighted by Crippen LogP contribution is 2.31. The SMILES string of the molecule is O=CN(O)C[C@@H](CC1CCCC1)C(=O)N1NCC[C@H]1C(=O)N=c1ccc(F)cn1O. The molecule has 164 valence electrons. The molecule has 0 spiro atoms. The zero-order valence-corrected chi connectivity index (χ0v) is 16.5. The summed E-state index contributed by atoms with van der Waals surface area (Å²) in [7, 11) is 0. The first-order valence-electron chi connectivity index (χ1n) is 10.0. The molecule has 10 nitrogen and oxygen atoms in total. The van der Waals surface area contributed by atoms with Crippen molar-refractivity contribution in [1.29, 1.82) is 0 Å². The van der Waals surface area contributed by atoms with Gasteiger partial charge in [-0.25, -0.2) is 14.9 Å². The van der Waals surface area contributed by atoms with E-state index in [0.29, 0.717) is 35.1 Å². The summed E-state index contributed by atoms with van der Waals surface area (Å²) in [6.45, 7) is 0.205. The van der Waals surface area contributed by atoms with Gasteiger partial charge in [0.15, 0.2) is 5.49 Å². The van der Waals surface area contributed by atoms with E-state index in [1.54, 1.807) is 0 Å². The molecule has 1 aromatic heterocycles. The van der Waals surface area contributed by atoms with Crippen molar-refractivity contribution in [3.05, 3.63) is 29.6 Å². The second-order valence-electron chi connectivity index (χ2n) is 7.73. The van der Waals surface area contributed by atoms with Gasteiger partial charge in [0.05, 0.1) is 18.7 Å². The topological polar surface area (TPSA) is 127 Å². The lowest BCUT2D eigenvalue weighted by atomic mass is 9.92. The fourth-order valence-electron chi connectivity index (χ4n) is 4.13. The molecule has 0 aromatic carbocycles. The van der Waals surface area contributed by atoms with E-state index in [4.69, 9.17) is 0 Å². The van der Waals surface area contributed by atoms with Crippen LogP contribution in [0.3, 0.4) is 0 Å². The van der Waals surface area contributed by atoms with Crippen LogP contribution in [0.1, 0.15) is 38.5 Å². The van der Waals surface area contributed by atoms with Crippen molar-refractivity contribution in [3.8, 4) is 0 Å². The Labute approximate surface area is 172 Å². The summed E-state index contributed by atoms with van der Waals surface area (Å²) in [5, 5.41) is 21.0. The number of rotatable bonds is 7. The second kappa shape index (κ2) is 9.81. The lowest BCUT2D eigenvalue weighted by Gasteiger charge is -2.29. The smallest absolute Gasteiger partial charge is 0.272 e. The molecule has 30 heavy (non-hydrogen) atoms. The highest BCUT2D eigenvalue weighted by atomic mass is 19.1. The Bertz CT molecular complexity index is 854. The minimum Gasteiger partial charge on any atom is -0.427 e. The molecule has 3 N–H and O–H groups in total. The van der Waals surface area contributed by atoms with E-state index < -0.39 is 29.6 Å². The molecular weight excluding hydrogens is 397 g/mol. The van der Waals surface area contributed by atoms with E-state index in [9.17, 15) is 29.2 Å². The quantitative estimate of drug-likeness (QED) is 0.253. The van der Waals surface area contributed by atoms with Crippen LogP contribution < -0.4 is 10.9 Å². The van der Waals surface area contributed by atoms with Crippen LogP contribution in [0.2, 0.25) is 0 Å². The number of hydroxylamine groups is 2. The Hall–Kier alpha value is -2.79. The molecular formula is C19H26FN5O5. The summed E-state index contributed by atoms with van der Waals surface area (Å²) in [5.74, 6) is -2.10. The Morgan fingerprint density at radius 1 is 1.33 bits per heavy atom. The predicted molar refractivity (Wildman–Crippen MR) is 100 cm³/mol. The lowest BCUT2D eigenvalue weighted by Crippen LogP contribution is -2.50. The van der Waals surface area contributed by atoms with E-state index >= 15 is 0 Å². The minimum atomic E-state index is -0.906. The van der Waals surface area contributed by atoms with Gasteiger partial charge in [0.2, 0.25) is 12.3 Å². The predicted octanol–water partition coefficient (Wildman–Crippen LogP) is 0.441. The summed E-state index contributed by atoms with van der Waals surface area (Å²) >= 11 is 0. The van der Waals surface area contributed by atoms with E-state index in [0.717, 1.165) is 44.0 Å². The molecule has 3 amide bonds. The summed E-state index contributed by atoms with van der Waals surface area (Å²) in [5.41, 5.74) is 2.72. The Morgan fingerprint density at radius 2 is 2.07 bits per heavy atom. The third-order valence-corrected chi connectivity index (χ3v) is 5.60. The maximum absolute atomic E-state index is 13.2. The molecule has 1 aromatic rings. The van der Waals surface area contributed by atoms with Gasteiger partial charge >= 0.3 is 0 Å². The number of nitrogens with one attached hydrogen (secondary N) is 1. The third-order valence-electron chi connectivity index (χ3n) is 5.60. The number of pyridine rings is 1. The summed E-state index contributed by atoms with van der Waals surface area (Å²) in [6, 6.07) is 1.30. The molecule has 0 bridgehead atoms. The summed E-state index contributed by atoms with van der Waals surface area (Å²) in [4.78, 5) is 40.5. The molecule has 2 atom stereocenters. The number of carbonyl (C=O) groups is 3. The van der Waals surface area contributed by atoms with Crippen LogP contribution in [0.15, 0.2) is 23.3 Å². The first-order chi connectivity index (χ1) is 14.4. The molecule has 1 aliphatic carbocycles. The molecule has 1 aliphatic heterocycles. The monoisotopic (exact) mass is 423 g/mol. The van der Waals surface area contributed by atoms with E-state index in [2.05, 4.69) is 10.4 Å². The van der Waals surface area contributed by atoms with Crippen LogP contribution in [0, 0.1) is 17.7 Å². The normalized spacial score (nSPS) is 21.1. The Kier molecular flexibility index (Phi) is 7.16. The van der Waals surface area contributed by atoms with Gasteiger partial charge in [-0.05, 0) is 30.9 Å². The summed E-state index contributed by atoms with van der Waals surface area (Å²) < 4.78 is 13.5. The van der Waals surface area contributed by atoms with Crippen molar-refractivity contribution in [2.75, 3.05) is 13.1 Å². The minimum absolute atomic E-state index is 0.161. The van der Waals surface area contributed by atoms with Gasteiger partial charge < -0.3 is 5.21 Å². The number of hydrogen-bond acceptors (Lipinski definition) is 6. The molecule has 3 rings (SSSR count). The zero-order valence-electron chi connectivity index (χ0n) is 16.5. The lowest BCUT2D eigenvalue weighted by molar-refractivity contribution is -0.159. The van der Waals surface area contributed by atoms with Crippen LogP contribution in [0.4, 0.5) is 4.39 Å². The average molecular weight is 423 g/mol. The molecule has 1 saturated heterocycles. The molecule has 2 heterocycles. The highest BCUT2D eigenvalue weighted by molar-refractivity contribution is 5.89. The van der Waals surface area contributed by atoms with Gasteiger partial charge in [0, 0.05) is 6.54 Å². The number of nitrogens with zero attached hydrogens (tertiary/aromatic N) is 4. The Balaban J connectivity index is 1.77. The van der Waals surface area contributed by atoms with Gasteiger partial charge in [-0.3, -0.25) is 24.6 Å². The van der Waals surface area contributed by atoms with Gasteiger partial charge in [-0.15, -0.1) is 0 Å². The number of carbonyl (C=O) groups excluding carboxylic acids is 3. The van der Waals surface area contributed by atoms with E-state index in [-0.39, 0.29) is 18.4 Å². The number of aromatic nitrogens is 1. The zero-order chi connectivity index (χ0) is 21.7. The number of halogens is 1. The van der Waals surface area contributed by atoms with Crippen molar-refractivity contribution in [3.63, 3.8) is 0 Å². The fourth-order valence-corrected chi connectivity index (χ4v) is 4.13.